The molecule has 0 bridgehead atoms. The number of carbonyl (C=O) groups is 1. The zero-order valence-electron chi connectivity index (χ0n) is 12.0. The largest absolute Gasteiger partial charge is 0.382 e. The van der Waals surface area contributed by atoms with Crippen molar-refractivity contribution in [3.8, 4) is 0 Å². The van der Waals surface area contributed by atoms with E-state index in [2.05, 4.69) is 10.2 Å². The normalized spacial score (nSPS) is 22.9. The molecule has 1 heterocycles. The first-order chi connectivity index (χ1) is 9.93. The second-order valence-electron chi connectivity index (χ2n) is 5.82. The number of fused-ring (bicyclic) bond motifs is 1. The van der Waals surface area contributed by atoms with E-state index in [1.165, 1.54) is 12.5 Å². The Kier molecular flexibility index (Phi) is 3.00. The van der Waals surface area contributed by atoms with Gasteiger partial charge in [-0.3, -0.25) is 14.9 Å². The highest BCUT2D eigenvalue weighted by Crippen LogP contribution is 2.49. The molecule has 112 valence electrons. The number of amides is 1. The minimum atomic E-state index is -0.626. The maximum Gasteiger partial charge on any atom is 0.293 e. The van der Waals surface area contributed by atoms with Crippen LogP contribution in [-0.2, 0) is 0 Å². The fourth-order valence-electron chi connectivity index (χ4n) is 3.43. The van der Waals surface area contributed by atoms with Gasteiger partial charge < -0.3 is 16.0 Å². The number of hydrogen-bond donors (Lipinski definition) is 2. The monoisotopic (exact) mass is 290 g/mol. The minimum absolute atomic E-state index is 0.114. The summed E-state index contributed by atoms with van der Waals surface area (Å²) in [5.41, 5.74) is 7.47. The Morgan fingerprint density at radius 3 is 2.57 bits per heavy atom. The number of primary amides is 1. The summed E-state index contributed by atoms with van der Waals surface area (Å²) >= 11 is 0. The molecule has 1 aromatic rings. The van der Waals surface area contributed by atoms with E-state index < -0.39 is 10.8 Å². The van der Waals surface area contributed by atoms with Gasteiger partial charge in [-0.15, -0.1) is 0 Å². The first-order valence-corrected chi connectivity index (χ1v) is 6.98. The molecule has 3 rings (SSSR count). The summed E-state index contributed by atoms with van der Waals surface area (Å²) in [6.45, 7) is 3.59. The maximum absolute atomic E-state index is 11.8. The van der Waals surface area contributed by atoms with Gasteiger partial charge in [-0.25, -0.2) is 0 Å². The average Bonchev–Trinajstić information content (AvgIpc) is 3.03. The molecule has 3 N–H and O–H groups in total. The van der Waals surface area contributed by atoms with Crippen LogP contribution in [0.4, 0.5) is 17.1 Å². The number of nitrogens with one attached hydrogen (secondary N) is 1. The van der Waals surface area contributed by atoms with E-state index in [0.29, 0.717) is 23.1 Å². The zero-order valence-corrected chi connectivity index (χ0v) is 12.0. The van der Waals surface area contributed by atoms with Crippen LogP contribution in [0, 0.1) is 28.9 Å². The van der Waals surface area contributed by atoms with Gasteiger partial charge in [0.15, 0.2) is 0 Å². The Morgan fingerprint density at radius 2 is 2.10 bits per heavy atom. The van der Waals surface area contributed by atoms with E-state index in [9.17, 15) is 14.9 Å². The van der Waals surface area contributed by atoms with Crippen molar-refractivity contribution in [3.63, 3.8) is 0 Å². The first-order valence-electron chi connectivity index (χ1n) is 6.98. The summed E-state index contributed by atoms with van der Waals surface area (Å²) in [5.74, 6) is 0.760. The molecule has 1 aromatic carbocycles. The molecule has 2 aliphatic rings. The Balaban J connectivity index is 2.16. The predicted octanol–water partition coefficient (Wildman–Crippen LogP) is 1.50. The highest BCUT2D eigenvalue weighted by molar-refractivity contribution is 6.02. The van der Waals surface area contributed by atoms with Crippen molar-refractivity contribution in [2.45, 2.75) is 13.3 Å². The van der Waals surface area contributed by atoms with E-state index in [0.717, 1.165) is 18.8 Å². The summed E-state index contributed by atoms with van der Waals surface area (Å²) in [6.07, 6.45) is 1.24. The van der Waals surface area contributed by atoms with Gasteiger partial charge >= 0.3 is 0 Å². The smallest absolute Gasteiger partial charge is 0.293 e. The van der Waals surface area contributed by atoms with Crippen LogP contribution >= 0.6 is 0 Å². The summed E-state index contributed by atoms with van der Waals surface area (Å²) in [7, 11) is 1.64. The second-order valence-corrected chi connectivity index (χ2v) is 5.82. The number of nitrogens with two attached hydrogens (primary N) is 1. The minimum Gasteiger partial charge on any atom is -0.382 e. The highest BCUT2D eigenvalue weighted by Gasteiger charge is 2.46. The van der Waals surface area contributed by atoms with Gasteiger partial charge in [0.1, 0.15) is 5.69 Å². The zero-order chi connectivity index (χ0) is 15.3. The number of carbonyl (C=O) groups excluding carboxylic acids is 1. The summed E-state index contributed by atoms with van der Waals surface area (Å²) in [6, 6.07) is 1.29. The van der Waals surface area contributed by atoms with Crippen molar-refractivity contribution in [1.82, 2.24) is 0 Å². The van der Waals surface area contributed by atoms with Crippen LogP contribution in [0.15, 0.2) is 6.07 Å². The Bertz CT molecular complexity index is 634. The van der Waals surface area contributed by atoms with Crippen molar-refractivity contribution in [2.24, 2.45) is 17.6 Å². The van der Waals surface area contributed by atoms with Crippen molar-refractivity contribution in [2.75, 3.05) is 30.4 Å². The number of nitro benzene ring substituents is 1. The second kappa shape index (κ2) is 4.61. The quantitative estimate of drug-likeness (QED) is 0.646. The molecule has 2 fully saturated rings. The molecule has 1 aliphatic carbocycles. The number of benzene rings is 1. The van der Waals surface area contributed by atoms with Gasteiger partial charge in [0, 0.05) is 31.8 Å². The fourth-order valence-corrected chi connectivity index (χ4v) is 3.43. The van der Waals surface area contributed by atoms with Gasteiger partial charge in [-0.1, -0.05) is 0 Å². The van der Waals surface area contributed by atoms with E-state index in [4.69, 9.17) is 5.73 Å². The molecule has 2 atom stereocenters. The number of hydrogen-bond acceptors (Lipinski definition) is 5. The lowest BCUT2D eigenvalue weighted by molar-refractivity contribution is -0.384. The van der Waals surface area contributed by atoms with E-state index in [-0.39, 0.29) is 11.3 Å². The molecule has 21 heavy (non-hydrogen) atoms. The lowest BCUT2D eigenvalue weighted by Crippen LogP contribution is -2.27. The van der Waals surface area contributed by atoms with Crippen molar-refractivity contribution < 1.29 is 9.72 Å². The third-order valence-electron chi connectivity index (χ3n) is 4.53. The van der Waals surface area contributed by atoms with Crippen LogP contribution in [0.5, 0.6) is 0 Å². The lowest BCUT2D eigenvalue weighted by atomic mass is 10.0. The summed E-state index contributed by atoms with van der Waals surface area (Å²) < 4.78 is 0. The predicted molar refractivity (Wildman–Crippen MR) is 79.7 cm³/mol. The van der Waals surface area contributed by atoms with Crippen LogP contribution in [0.2, 0.25) is 0 Å². The number of rotatable bonds is 4. The molecule has 1 saturated heterocycles. The molecule has 2 unspecified atom stereocenters. The van der Waals surface area contributed by atoms with Gasteiger partial charge in [0.25, 0.3) is 11.6 Å². The average molecular weight is 290 g/mol. The van der Waals surface area contributed by atoms with Crippen molar-refractivity contribution in [1.29, 1.82) is 0 Å². The molecular weight excluding hydrogens is 272 g/mol. The van der Waals surface area contributed by atoms with Gasteiger partial charge in [-0.2, -0.15) is 0 Å². The van der Waals surface area contributed by atoms with Crippen LogP contribution < -0.4 is 16.0 Å². The summed E-state index contributed by atoms with van der Waals surface area (Å²) in [4.78, 5) is 24.6. The topological polar surface area (TPSA) is 101 Å². The van der Waals surface area contributed by atoms with Crippen LogP contribution in [0.3, 0.4) is 0 Å². The van der Waals surface area contributed by atoms with Gasteiger partial charge in [0.05, 0.1) is 16.2 Å². The molecule has 1 aliphatic heterocycles. The Hall–Kier alpha value is -2.31. The molecule has 1 amide bonds. The number of nitro groups is 1. The molecule has 0 radical (unpaired) electrons. The molecule has 0 spiro atoms. The van der Waals surface area contributed by atoms with E-state index in [1.807, 2.05) is 0 Å². The number of anilines is 2. The molecule has 1 saturated carbocycles. The van der Waals surface area contributed by atoms with Crippen LogP contribution in [0.1, 0.15) is 22.3 Å². The molecule has 0 aromatic heterocycles. The van der Waals surface area contributed by atoms with Gasteiger partial charge in [-0.05, 0) is 25.2 Å². The summed E-state index contributed by atoms with van der Waals surface area (Å²) in [5, 5.41) is 14.1. The molecule has 7 nitrogen and oxygen atoms in total. The Labute approximate surface area is 122 Å². The van der Waals surface area contributed by atoms with Crippen LogP contribution in [-0.4, -0.2) is 31.0 Å². The fraction of sp³-hybridized carbons (Fsp3) is 0.500. The van der Waals surface area contributed by atoms with Crippen molar-refractivity contribution >= 4 is 23.0 Å². The maximum atomic E-state index is 11.8. The van der Waals surface area contributed by atoms with Gasteiger partial charge in [0.2, 0.25) is 0 Å². The standard InChI is InChI=1S/C14H18N4O3/c1-7-12(16-2)11(18(20)21)4-10(14(15)19)13(7)17-5-8-3-9(8)6-17/h4,8-9,16H,3,5-6H2,1-2H3,(H2,15,19). The lowest BCUT2D eigenvalue weighted by Gasteiger charge is -2.26. The number of nitrogens with zero attached hydrogens (tertiary/aromatic N) is 2. The molecular formula is C14H18N4O3. The van der Waals surface area contributed by atoms with Crippen LogP contribution in [0.25, 0.3) is 0 Å². The molecule has 7 heteroatoms. The van der Waals surface area contributed by atoms with Crippen molar-refractivity contribution in [3.05, 3.63) is 27.3 Å². The SMILES string of the molecule is CNc1c([N+](=O)[O-])cc(C(N)=O)c(N2CC3CC3C2)c1C. The van der Waals surface area contributed by atoms with E-state index >= 15 is 0 Å². The third-order valence-corrected chi connectivity index (χ3v) is 4.53. The van der Waals surface area contributed by atoms with E-state index in [1.54, 1.807) is 14.0 Å². The first kappa shape index (κ1) is 13.7. The number of piperidine rings is 1. The highest BCUT2D eigenvalue weighted by atomic mass is 16.6. The third kappa shape index (κ3) is 2.09. The Morgan fingerprint density at radius 1 is 1.48 bits per heavy atom.